The van der Waals surface area contributed by atoms with Gasteiger partial charge in [-0.25, -0.2) is 74.2 Å². The van der Waals surface area contributed by atoms with Crippen molar-refractivity contribution in [3.8, 4) is 73.2 Å². The molecule has 26 nitrogen and oxygen atoms in total. The van der Waals surface area contributed by atoms with E-state index in [0.717, 1.165) is 224 Å². The van der Waals surface area contributed by atoms with E-state index in [1.54, 1.807) is 56.9 Å². The number of aromatic amines is 5. The minimum atomic E-state index is -0.251. The fourth-order valence-corrected chi connectivity index (χ4v) is 19.9. The normalized spacial score (nSPS) is 13.8. The lowest BCUT2D eigenvalue weighted by Crippen LogP contribution is -2.29. The molecule has 3 aliphatic rings. The summed E-state index contributed by atoms with van der Waals surface area (Å²) < 4.78 is 18.3. The molecule has 1 aliphatic heterocycles. The molecule has 2 atom stereocenters. The number of nitrogens with one attached hydrogen (secondary N) is 5. The molecule has 0 spiro atoms. The highest BCUT2D eigenvalue weighted by molar-refractivity contribution is 7.99. The fourth-order valence-electron chi connectivity index (χ4n) is 19.2. The van der Waals surface area contributed by atoms with Crippen molar-refractivity contribution in [1.82, 2.24) is 99.7 Å². The van der Waals surface area contributed by atoms with Gasteiger partial charge in [-0.2, -0.15) is 0 Å². The first-order valence-electron chi connectivity index (χ1n) is 46.0. The second-order valence-corrected chi connectivity index (χ2v) is 37.0. The number of hydrogen-bond donors (Lipinski definition) is 8. The van der Waals surface area contributed by atoms with Crippen LogP contribution < -0.4 is 31.7 Å². The number of aryl methyl sites for hydroxylation is 6. The van der Waals surface area contributed by atoms with Crippen molar-refractivity contribution in [2.75, 3.05) is 55.6 Å². The summed E-state index contributed by atoms with van der Waals surface area (Å²) in [5, 5.41) is 11.7. The van der Waals surface area contributed by atoms with E-state index in [1.165, 1.54) is 91.4 Å². The average Bonchev–Trinajstić information content (AvgIpc) is 1.57. The molecule has 24 aromatic rings. The minimum Gasteiger partial charge on any atom is -0.497 e. The number of fused-ring (bicyclic) bond motifs is 20. The number of aromatic nitrogens is 20. The van der Waals surface area contributed by atoms with Crippen molar-refractivity contribution < 1.29 is 9.13 Å². The lowest BCUT2D eigenvalue weighted by atomic mass is 10.0. The molecule has 11 N–H and O–H groups in total. The van der Waals surface area contributed by atoms with Crippen LogP contribution in [0.3, 0.4) is 0 Å². The van der Waals surface area contributed by atoms with Gasteiger partial charge in [0, 0.05) is 168 Å². The van der Waals surface area contributed by atoms with Gasteiger partial charge in [-0.3, -0.25) is 4.98 Å². The van der Waals surface area contributed by atoms with Crippen LogP contribution in [0.25, 0.3) is 188 Å². The lowest BCUT2D eigenvalue weighted by molar-refractivity contribution is 0.415. The standard InChI is InChI=1S/C24H21N7S.C19H18N4.C18H15N3O.C17H12FN3.2C17H14N4.CH4/c1-12-3-2-4-14-15(12)8-18-20(14)23(31-10-16-17(11-31)21(16)25)30-24(29-18)32-13-7-19-22(28-9-13)27-6-5-26-19;1-12-4-9-16-15(10-12)17-18(20-11-21-19(17)22-16)13-5-7-14(8-6-13)23(2)3;1-11-3-8-15-14(9-11)16-17(19-10-20-18(16)21-15)12-4-6-13(22-2)7-5-12;1-10-2-7-14-13(8-10)15-16(19-9-20-17(15)21-14)11-3-5-12(18)6-4-11;2*1-10-5-6-14-13(7-10)15-16(19-9-20-17(15)21-14)11-3-2-4-12(18)8-11;/h2-7,9,16-17,21H,8,10-11,25H2,1H3;4-11H,1-3H3,(H,20,21,22);3-10H,1-2H3,(H,19,20,21);2-9H,1H3,(H,19,20,21);2*2-9H,18H2,1H3,(H,19,20,21);1H4. The number of H-pyrrole nitrogens is 5. The Labute approximate surface area is 814 Å². The molecule has 28 heteroatoms. The molecule has 141 heavy (non-hydrogen) atoms. The van der Waals surface area contributed by atoms with Crippen molar-refractivity contribution in [2.24, 2.45) is 17.6 Å². The van der Waals surface area contributed by atoms with E-state index in [1.807, 2.05) is 105 Å². The molecule has 14 heterocycles. The van der Waals surface area contributed by atoms with Crippen molar-refractivity contribution in [2.45, 2.75) is 71.5 Å². The van der Waals surface area contributed by atoms with Crippen LogP contribution in [-0.2, 0) is 6.42 Å². The molecule has 27 rings (SSSR count). The Morgan fingerprint density at radius 3 is 1.21 bits per heavy atom. The van der Waals surface area contributed by atoms with Crippen LogP contribution in [0.15, 0.2) is 297 Å². The predicted molar refractivity (Wildman–Crippen MR) is 568 cm³/mol. The highest BCUT2D eigenvalue weighted by Gasteiger charge is 2.54. The molecule has 2 fully saturated rings. The van der Waals surface area contributed by atoms with Gasteiger partial charge in [-0.15, -0.1) is 0 Å². The van der Waals surface area contributed by atoms with Gasteiger partial charge in [0.2, 0.25) is 0 Å². The quantitative estimate of drug-likeness (QED) is 0.0466. The predicted octanol–water partition coefficient (Wildman–Crippen LogP) is 23.7. The number of nitrogen functional groups attached to an aromatic ring is 2. The van der Waals surface area contributed by atoms with E-state index in [9.17, 15) is 4.39 Å². The van der Waals surface area contributed by atoms with Gasteiger partial charge < -0.3 is 56.7 Å². The van der Waals surface area contributed by atoms with Gasteiger partial charge >= 0.3 is 0 Å². The Hall–Kier alpha value is -17.4. The highest BCUT2D eigenvalue weighted by atomic mass is 32.2. The van der Waals surface area contributed by atoms with E-state index in [2.05, 4.69) is 268 Å². The SMILES string of the molecule is C.COc1ccc(-c2ncnc3[nH]c4ccc(C)cc4c23)cc1.Cc1ccc2[nH]c3ncnc(-c4ccc(F)cc4)c3c2c1.Cc1ccc2[nH]c3ncnc(-c4ccc(N(C)C)cc4)c3c2c1.Cc1ccc2[nH]c3ncnc(-c4cccc(N)c4)c3c2c1.Cc1ccc2[nH]c3ncnc(-c4cccc(N)c4)c3c2c1.Cc1cccc2c1Cc1nc(Sc3cnc4nccnc4c3)nc(N3CC4C(N)C4C3)c1-2. The van der Waals surface area contributed by atoms with E-state index in [0.29, 0.717) is 23.5 Å². The van der Waals surface area contributed by atoms with Gasteiger partial charge in [0.05, 0.1) is 68.2 Å². The maximum Gasteiger partial charge on any atom is 0.194 e. The van der Waals surface area contributed by atoms with Crippen LogP contribution >= 0.6 is 11.8 Å². The maximum atomic E-state index is 13.1. The van der Waals surface area contributed by atoms with Gasteiger partial charge in [0.25, 0.3) is 0 Å². The molecular formula is C113H98FN25OS. The number of methoxy groups -OCH3 is 1. The van der Waals surface area contributed by atoms with Crippen molar-refractivity contribution in [1.29, 1.82) is 0 Å². The number of halogens is 1. The lowest BCUT2D eigenvalue weighted by Gasteiger charge is -2.23. The molecule has 694 valence electrons. The Bertz CT molecular complexity index is 8750. The molecule has 0 amide bonds. The monoisotopic (exact) mass is 1870 g/mol. The largest absolute Gasteiger partial charge is 0.497 e. The smallest absolute Gasteiger partial charge is 0.194 e. The second-order valence-electron chi connectivity index (χ2n) is 35.9. The Balaban J connectivity index is 0.000000101. The Morgan fingerprint density at radius 1 is 0.411 bits per heavy atom. The summed E-state index contributed by atoms with van der Waals surface area (Å²) in [6, 6.07) is 78.8. The third kappa shape index (κ3) is 17.7. The topological polar surface area (TPSA) is 366 Å². The summed E-state index contributed by atoms with van der Waals surface area (Å²) in [5.74, 6) is 2.83. The first-order valence-corrected chi connectivity index (χ1v) is 46.8. The number of benzene rings is 11. The first-order chi connectivity index (χ1) is 68.2. The van der Waals surface area contributed by atoms with Crippen LogP contribution in [0.1, 0.15) is 52.1 Å². The number of ether oxygens (including phenoxy) is 1. The number of hydrogen-bond acceptors (Lipinski definition) is 22. The third-order valence-electron chi connectivity index (χ3n) is 26.2. The van der Waals surface area contributed by atoms with Gasteiger partial charge in [-0.1, -0.05) is 120 Å². The zero-order valence-corrected chi connectivity index (χ0v) is 78.8. The molecule has 2 aliphatic carbocycles. The van der Waals surface area contributed by atoms with Crippen LogP contribution in [0, 0.1) is 59.2 Å². The maximum absolute atomic E-state index is 13.1. The van der Waals surface area contributed by atoms with E-state index in [-0.39, 0.29) is 13.2 Å². The molecule has 1 saturated heterocycles. The zero-order valence-electron chi connectivity index (χ0n) is 78.0. The number of anilines is 4. The number of nitrogens with two attached hydrogens (primary N) is 3. The molecule has 2 unspecified atom stereocenters. The van der Waals surface area contributed by atoms with Gasteiger partial charge in [0.15, 0.2) is 10.8 Å². The Morgan fingerprint density at radius 2 is 0.801 bits per heavy atom. The van der Waals surface area contributed by atoms with Gasteiger partial charge in [0.1, 0.15) is 82.8 Å². The summed E-state index contributed by atoms with van der Waals surface area (Å²) >= 11 is 1.53. The average molecular weight is 1870 g/mol. The fraction of sp³-hybridized carbons (Fsp3) is 0.142. The molecule has 13 aromatic heterocycles. The number of piperidine rings is 1. The van der Waals surface area contributed by atoms with E-state index >= 15 is 0 Å². The van der Waals surface area contributed by atoms with Crippen LogP contribution in [0.4, 0.5) is 27.3 Å². The Kier molecular flexibility index (Phi) is 24.0. The molecule has 11 aromatic carbocycles. The third-order valence-corrected chi connectivity index (χ3v) is 27.0. The summed E-state index contributed by atoms with van der Waals surface area (Å²) in [7, 11) is 5.75. The number of nitrogens with zero attached hydrogens (tertiary/aromatic N) is 17. The van der Waals surface area contributed by atoms with Crippen molar-refractivity contribution in [3.05, 3.63) is 337 Å². The number of rotatable bonds is 10. The molecule has 0 radical (unpaired) electrons. The van der Waals surface area contributed by atoms with E-state index < -0.39 is 0 Å². The highest BCUT2D eigenvalue weighted by Crippen LogP contribution is 2.51. The first kappa shape index (κ1) is 90.1. The number of pyridine rings is 1. The summed E-state index contributed by atoms with van der Waals surface area (Å²) in [6.45, 7) is 14.6. The molecule has 1 saturated carbocycles. The van der Waals surface area contributed by atoms with E-state index in [4.69, 9.17) is 31.9 Å². The van der Waals surface area contributed by atoms with Crippen LogP contribution in [-0.4, -0.2) is 140 Å². The van der Waals surface area contributed by atoms with Gasteiger partial charge in [-0.05, 0) is 233 Å². The zero-order chi connectivity index (χ0) is 95.7. The molecular weight excluding hydrogens is 1770 g/mol. The molecule has 0 bridgehead atoms. The van der Waals surface area contributed by atoms with Crippen LogP contribution in [0.5, 0.6) is 5.75 Å². The van der Waals surface area contributed by atoms with Crippen LogP contribution in [0.2, 0.25) is 0 Å². The summed E-state index contributed by atoms with van der Waals surface area (Å²) in [4.78, 5) is 89.6. The second kappa shape index (κ2) is 37.6. The summed E-state index contributed by atoms with van der Waals surface area (Å²) in [5.41, 5.74) is 53.6. The minimum absolute atomic E-state index is 0. The van der Waals surface area contributed by atoms with Crippen molar-refractivity contribution >= 4 is 155 Å². The summed E-state index contributed by atoms with van der Waals surface area (Å²) in [6.07, 6.45) is 13.9. The van der Waals surface area contributed by atoms with Crippen molar-refractivity contribution in [3.63, 3.8) is 0 Å².